The lowest BCUT2D eigenvalue weighted by molar-refractivity contribution is 0.149. The number of benzene rings is 1. The van der Waals surface area contributed by atoms with Crippen molar-refractivity contribution >= 4 is 21.6 Å². The van der Waals surface area contributed by atoms with Crippen LogP contribution in [-0.4, -0.2) is 39.0 Å². The minimum Gasteiger partial charge on any atom is -0.383 e. The zero-order valence-corrected chi connectivity index (χ0v) is 13.6. The molecule has 6 heteroatoms. The first-order valence-electron chi connectivity index (χ1n) is 6.65. The maximum Gasteiger partial charge on any atom is 0.243 e. The molecular formula is C14H20ClNO3S. The summed E-state index contributed by atoms with van der Waals surface area (Å²) >= 11 is 6.05. The average molecular weight is 318 g/mol. The van der Waals surface area contributed by atoms with Gasteiger partial charge in [0.05, 0.1) is 11.5 Å². The zero-order valence-electron chi connectivity index (χ0n) is 12.0. The topological polar surface area (TPSA) is 46.6 Å². The van der Waals surface area contributed by atoms with Gasteiger partial charge in [0.15, 0.2) is 0 Å². The van der Waals surface area contributed by atoms with Gasteiger partial charge in [0.1, 0.15) is 0 Å². The molecule has 0 aliphatic carbocycles. The number of ether oxygens (including phenoxy) is 1. The summed E-state index contributed by atoms with van der Waals surface area (Å²) in [4.78, 5) is 0.349. The molecule has 0 N–H and O–H groups in total. The highest BCUT2D eigenvalue weighted by Gasteiger charge is 2.36. The van der Waals surface area contributed by atoms with E-state index in [-0.39, 0.29) is 6.04 Å². The van der Waals surface area contributed by atoms with Crippen LogP contribution >= 0.6 is 11.6 Å². The first-order chi connectivity index (χ1) is 9.37. The van der Waals surface area contributed by atoms with Crippen molar-refractivity contribution in [3.05, 3.63) is 28.3 Å². The SMILES string of the molecule is COCC1CCCN1S(=O)(=O)c1cc(C)c(Cl)cc1C. The summed E-state index contributed by atoms with van der Waals surface area (Å²) in [6.07, 6.45) is 1.72. The molecule has 4 nitrogen and oxygen atoms in total. The summed E-state index contributed by atoms with van der Waals surface area (Å²) in [5.41, 5.74) is 1.46. The van der Waals surface area contributed by atoms with Gasteiger partial charge >= 0.3 is 0 Å². The number of aryl methyl sites for hydroxylation is 2. The van der Waals surface area contributed by atoms with Crippen LogP contribution in [-0.2, 0) is 14.8 Å². The fraction of sp³-hybridized carbons (Fsp3) is 0.571. The van der Waals surface area contributed by atoms with Crippen molar-refractivity contribution in [2.75, 3.05) is 20.3 Å². The summed E-state index contributed by atoms with van der Waals surface area (Å²) in [7, 11) is -1.89. The number of hydrogen-bond donors (Lipinski definition) is 0. The predicted octanol–water partition coefficient (Wildman–Crippen LogP) is 2.76. The van der Waals surface area contributed by atoms with Gasteiger partial charge < -0.3 is 4.74 Å². The van der Waals surface area contributed by atoms with Crippen LogP contribution in [0.3, 0.4) is 0 Å². The van der Waals surface area contributed by atoms with Gasteiger partial charge in [-0.25, -0.2) is 8.42 Å². The van der Waals surface area contributed by atoms with Gasteiger partial charge in [-0.1, -0.05) is 11.6 Å². The van der Waals surface area contributed by atoms with Crippen LogP contribution < -0.4 is 0 Å². The van der Waals surface area contributed by atoms with Crippen LogP contribution in [0.2, 0.25) is 5.02 Å². The largest absolute Gasteiger partial charge is 0.383 e. The first-order valence-corrected chi connectivity index (χ1v) is 8.47. The smallest absolute Gasteiger partial charge is 0.243 e. The maximum atomic E-state index is 12.8. The highest BCUT2D eigenvalue weighted by atomic mass is 35.5. The molecule has 1 atom stereocenters. The Balaban J connectivity index is 2.42. The van der Waals surface area contributed by atoms with Crippen molar-refractivity contribution in [2.45, 2.75) is 37.6 Å². The van der Waals surface area contributed by atoms with E-state index >= 15 is 0 Å². The number of rotatable bonds is 4. The lowest BCUT2D eigenvalue weighted by Gasteiger charge is -2.24. The Bertz CT molecular complexity index is 601. The fourth-order valence-electron chi connectivity index (χ4n) is 2.64. The molecule has 1 aliphatic heterocycles. The summed E-state index contributed by atoms with van der Waals surface area (Å²) in [6, 6.07) is 3.31. The first kappa shape index (κ1) is 15.8. The predicted molar refractivity (Wildman–Crippen MR) is 79.7 cm³/mol. The molecule has 0 aromatic heterocycles. The summed E-state index contributed by atoms with van der Waals surface area (Å²) < 4.78 is 32.4. The van der Waals surface area contributed by atoms with Crippen LogP contribution in [0.15, 0.2) is 17.0 Å². The van der Waals surface area contributed by atoms with Gasteiger partial charge in [-0.2, -0.15) is 4.31 Å². The van der Waals surface area contributed by atoms with Gasteiger partial charge in [0, 0.05) is 24.7 Å². The Hall–Kier alpha value is -0.620. The second-order valence-electron chi connectivity index (χ2n) is 5.23. The Kier molecular flexibility index (Phi) is 4.74. The van der Waals surface area contributed by atoms with Gasteiger partial charge in [-0.3, -0.25) is 0 Å². The Labute approximate surface area is 125 Å². The zero-order chi connectivity index (χ0) is 14.9. The second-order valence-corrected chi connectivity index (χ2v) is 7.50. The summed E-state index contributed by atoms with van der Waals surface area (Å²) in [5.74, 6) is 0. The van der Waals surface area contributed by atoms with Crippen molar-refractivity contribution in [3.63, 3.8) is 0 Å². The number of methoxy groups -OCH3 is 1. The monoisotopic (exact) mass is 317 g/mol. The third kappa shape index (κ3) is 2.86. The second kappa shape index (κ2) is 6.02. The van der Waals surface area contributed by atoms with Crippen molar-refractivity contribution in [3.8, 4) is 0 Å². The molecule has 1 aliphatic rings. The minimum absolute atomic E-state index is 0.0691. The molecule has 1 saturated heterocycles. The van der Waals surface area contributed by atoms with E-state index in [0.29, 0.717) is 28.6 Å². The fourth-order valence-corrected chi connectivity index (χ4v) is 4.83. The van der Waals surface area contributed by atoms with Crippen LogP contribution in [0.5, 0.6) is 0 Å². The molecule has 20 heavy (non-hydrogen) atoms. The van der Waals surface area contributed by atoms with Crippen molar-refractivity contribution < 1.29 is 13.2 Å². The van der Waals surface area contributed by atoms with Crippen LogP contribution in [0.1, 0.15) is 24.0 Å². The standard InChI is InChI=1S/C14H20ClNO3S/c1-10-8-14(11(2)7-13(10)15)20(17,18)16-6-4-5-12(16)9-19-3/h7-8,12H,4-6,9H2,1-3H3. The van der Waals surface area contributed by atoms with E-state index in [1.165, 1.54) is 0 Å². The summed E-state index contributed by atoms with van der Waals surface area (Å²) in [6.45, 7) is 4.58. The molecule has 1 heterocycles. The number of halogens is 1. The third-order valence-electron chi connectivity index (χ3n) is 3.73. The van der Waals surface area contributed by atoms with Crippen LogP contribution in [0.4, 0.5) is 0 Å². The van der Waals surface area contributed by atoms with E-state index in [9.17, 15) is 8.42 Å². The summed E-state index contributed by atoms with van der Waals surface area (Å²) in [5, 5.41) is 0.594. The molecule has 112 valence electrons. The number of sulfonamides is 1. The van der Waals surface area contributed by atoms with Crippen molar-refractivity contribution in [1.82, 2.24) is 4.31 Å². The third-order valence-corrected chi connectivity index (χ3v) is 6.23. The van der Waals surface area contributed by atoms with Gasteiger partial charge in [-0.15, -0.1) is 0 Å². The molecule has 0 radical (unpaired) electrons. The molecule has 1 aromatic carbocycles. The van der Waals surface area contributed by atoms with Gasteiger partial charge in [0.25, 0.3) is 0 Å². The molecule has 2 rings (SSSR count). The van der Waals surface area contributed by atoms with E-state index in [1.54, 1.807) is 30.5 Å². The van der Waals surface area contributed by atoms with E-state index in [4.69, 9.17) is 16.3 Å². The lowest BCUT2D eigenvalue weighted by atomic mass is 10.2. The average Bonchev–Trinajstić information content (AvgIpc) is 2.83. The molecule has 1 unspecified atom stereocenters. The van der Waals surface area contributed by atoms with Crippen LogP contribution in [0, 0.1) is 13.8 Å². The van der Waals surface area contributed by atoms with E-state index in [1.807, 2.05) is 6.92 Å². The molecule has 0 amide bonds. The van der Waals surface area contributed by atoms with E-state index < -0.39 is 10.0 Å². The molecule has 0 spiro atoms. The van der Waals surface area contributed by atoms with Gasteiger partial charge in [0.2, 0.25) is 10.0 Å². The normalized spacial score (nSPS) is 20.5. The molecule has 0 saturated carbocycles. The van der Waals surface area contributed by atoms with E-state index in [2.05, 4.69) is 0 Å². The number of nitrogens with zero attached hydrogens (tertiary/aromatic N) is 1. The Morgan fingerprint density at radius 3 is 2.70 bits per heavy atom. The van der Waals surface area contributed by atoms with E-state index in [0.717, 1.165) is 18.4 Å². The number of hydrogen-bond acceptors (Lipinski definition) is 3. The molecular weight excluding hydrogens is 298 g/mol. The lowest BCUT2D eigenvalue weighted by Crippen LogP contribution is -2.38. The highest BCUT2D eigenvalue weighted by molar-refractivity contribution is 7.89. The Morgan fingerprint density at radius 2 is 2.05 bits per heavy atom. The Morgan fingerprint density at radius 1 is 1.35 bits per heavy atom. The molecule has 1 fully saturated rings. The quantitative estimate of drug-likeness (QED) is 0.858. The van der Waals surface area contributed by atoms with Crippen molar-refractivity contribution in [2.24, 2.45) is 0 Å². The highest BCUT2D eigenvalue weighted by Crippen LogP contribution is 2.30. The molecule has 0 bridgehead atoms. The van der Waals surface area contributed by atoms with Crippen molar-refractivity contribution in [1.29, 1.82) is 0 Å². The molecule has 1 aromatic rings. The van der Waals surface area contributed by atoms with Crippen LogP contribution in [0.25, 0.3) is 0 Å². The van der Waals surface area contributed by atoms with Gasteiger partial charge in [-0.05, 0) is 49.9 Å². The minimum atomic E-state index is -3.49. The maximum absolute atomic E-state index is 12.8.